The average Bonchev–Trinajstić information content (AvgIpc) is 2.74. The molecule has 0 radical (unpaired) electrons. The maximum absolute atomic E-state index is 12.8. The van der Waals surface area contributed by atoms with Crippen molar-refractivity contribution in [2.45, 2.75) is 6.92 Å². The molecule has 1 fully saturated rings. The molecule has 1 aliphatic heterocycles. The molecule has 1 N–H and O–H groups in total. The first-order valence-corrected chi connectivity index (χ1v) is 9.62. The van der Waals surface area contributed by atoms with E-state index in [-0.39, 0.29) is 5.91 Å². The van der Waals surface area contributed by atoms with Gasteiger partial charge in [-0.3, -0.25) is 4.79 Å². The van der Waals surface area contributed by atoms with E-state index in [1.807, 2.05) is 13.0 Å². The summed E-state index contributed by atoms with van der Waals surface area (Å²) in [5, 5.41) is 2.99. The van der Waals surface area contributed by atoms with Gasteiger partial charge in [-0.05, 0) is 49.9 Å². The van der Waals surface area contributed by atoms with Gasteiger partial charge in [0.1, 0.15) is 0 Å². The lowest BCUT2D eigenvalue weighted by atomic mass is 10.1. The Morgan fingerprint density at radius 2 is 1.55 bits per heavy atom. The number of nitrogens with zero attached hydrogens (tertiary/aromatic N) is 2. The van der Waals surface area contributed by atoms with E-state index in [1.54, 1.807) is 12.1 Å². The molecule has 7 heteroatoms. The number of anilines is 2. The minimum absolute atomic E-state index is 0.236. The first-order chi connectivity index (χ1) is 14.0. The van der Waals surface area contributed by atoms with Gasteiger partial charge in [-0.25, -0.2) is 0 Å². The van der Waals surface area contributed by atoms with Gasteiger partial charge in [-0.15, -0.1) is 0 Å². The number of hydrogen-bond donors (Lipinski definition) is 1. The smallest absolute Gasteiger partial charge is 0.255 e. The van der Waals surface area contributed by atoms with Crippen LogP contribution >= 0.6 is 0 Å². The number of hydrogen-bond acceptors (Lipinski definition) is 6. The third kappa shape index (κ3) is 4.56. The van der Waals surface area contributed by atoms with Crippen molar-refractivity contribution < 1.29 is 19.0 Å². The van der Waals surface area contributed by atoms with E-state index < -0.39 is 0 Å². The summed E-state index contributed by atoms with van der Waals surface area (Å²) in [6.07, 6.45) is 0. The number of rotatable bonds is 6. The summed E-state index contributed by atoms with van der Waals surface area (Å²) in [7, 11) is 6.73. The van der Waals surface area contributed by atoms with E-state index in [4.69, 9.17) is 14.2 Å². The van der Waals surface area contributed by atoms with E-state index in [0.717, 1.165) is 37.4 Å². The van der Waals surface area contributed by atoms with Crippen LogP contribution in [0, 0.1) is 6.92 Å². The zero-order valence-corrected chi connectivity index (χ0v) is 17.7. The van der Waals surface area contributed by atoms with Gasteiger partial charge in [0.2, 0.25) is 5.75 Å². The molecule has 0 spiro atoms. The summed E-state index contributed by atoms with van der Waals surface area (Å²) in [5.74, 6) is 1.11. The predicted molar refractivity (Wildman–Crippen MR) is 115 cm³/mol. The zero-order chi connectivity index (χ0) is 21.0. The van der Waals surface area contributed by atoms with Gasteiger partial charge in [-0.2, -0.15) is 0 Å². The van der Waals surface area contributed by atoms with Gasteiger partial charge < -0.3 is 29.3 Å². The van der Waals surface area contributed by atoms with Crippen molar-refractivity contribution in [2.75, 3.05) is 64.8 Å². The number of likely N-dealkylation sites (N-methyl/N-ethyl adjacent to an activating group) is 1. The summed E-state index contributed by atoms with van der Waals surface area (Å²) in [6.45, 7) is 6.13. The van der Waals surface area contributed by atoms with Gasteiger partial charge in [0, 0.05) is 43.1 Å². The number of methoxy groups -OCH3 is 3. The van der Waals surface area contributed by atoms with E-state index >= 15 is 0 Å². The number of piperazine rings is 1. The minimum Gasteiger partial charge on any atom is -0.493 e. The molecule has 1 amide bonds. The van der Waals surface area contributed by atoms with Crippen LogP contribution in [-0.2, 0) is 0 Å². The molecule has 0 bridgehead atoms. The van der Waals surface area contributed by atoms with Gasteiger partial charge in [0.15, 0.2) is 11.5 Å². The van der Waals surface area contributed by atoms with Gasteiger partial charge >= 0.3 is 0 Å². The highest BCUT2D eigenvalue weighted by atomic mass is 16.5. The summed E-state index contributed by atoms with van der Waals surface area (Å²) in [5.41, 5.74) is 3.41. The largest absolute Gasteiger partial charge is 0.493 e. The van der Waals surface area contributed by atoms with Gasteiger partial charge in [-0.1, -0.05) is 0 Å². The number of aryl methyl sites for hydroxylation is 1. The highest BCUT2D eigenvalue weighted by Crippen LogP contribution is 2.38. The maximum Gasteiger partial charge on any atom is 0.255 e. The zero-order valence-electron chi connectivity index (χ0n) is 17.7. The maximum atomic E-state index is 12.8. The Hall–Kier alpha value is -2.93. The predicted octanol–water partition coefficient (Wildman–Crippen LogP) is 3.02. The molecule has 29 heavy (non-hydrogen) atoms. The van der Waals surface area contributed by atoms with E-state index in [2.05, 4.69) is 34.3 Å². The van der Waals surface area contributed by atoms with Crippen LogP contribution in [0.15, 0.2) is 30.3 Å². The summed E-state index contributed by atoms with van der Waals surface area (Å²) in [4.78, 5) is 17.5. The van der Waals surface area contributed by atoms with Crippen LogP contribution in [0.4, 0.5) is 11.4 Å². The van der Waals surface area contributed by atoms with Crippen molar-refractivity contribution in [3.63, 3.8) is 0 Å². The third-order valence-corrected chi connectivity index (χ3v) is 5.25. The normalized spacial score (nSPS) is 14.4. The van der Waals surface area contributed by atoms with Gasteiger partial charge in [0.05, 0.1) is 21.3 Å². The Labute approximate surface area is 172 Å². The third-order valence-electron chi connectivity index (χ3n) is 5.25. The molecule has 1 aliphatic rings. The van der Waals surface area contributed by atoms with E-state index in [9.17, 15) is 4.79 Å². The monoisotopic (exact) mass is 399 g/mol. The topological polar surface area (TPSA) is 63.3 Å². The molecular weight excluding hydrogens is 370 g/mol. The standard InChI is InChI=1S/C22H29N3O4/c1-15-12-17(25-10-8-24(2)9-11-25)6-7-18(15)23-22(26)16-13-19(27-3)21(29-5)20(14-16)28-4/h6-7,12-14H,8-11H2,1-5H3,(H,23,26). The first kappa shape index (κ1) is 20.8. The summed E-state index contributed by atoms with van der Waals surface area (Å²) in [6, 6.07) is 9.42. The fraction of sp³-hybridized carbons (Fsp3) is 0.409. The Morgan fingerprint density at radius 3 is 2.07 bits per heavy atom. The Balaban J connectivity index is 1.78. The van der Waals surface area contributed by atoms with Crippen LogP contribution in [0.3, 0.4) is 0 Å². The summed E-state index contributed by atoms with van der Waals surface area (Å²) >= 11 is 0. The second-order valence-corrected chi connectivity index (χ2v) is 7.16. The molecule has 0 atom stereocenters. The molecule has 0 saturated carbocycles. The molecular formula is C22H29N3O4. The van der Waals surface area contributed by atoms with Gasteiger partial charge in [0.25, 0.3) is 5.91 Å². The van der Waals surface area contributed by atoms with Crippen LogP contribution in [0.2, 0.25) is 0 Å². The highest BCUT2D eigenvalue weighted by Gasteiger charge is 2.18. The molecule has 0 aliphatic carbocycles. The van der Waals surface area contributed by atoms with Crippen molar-refractivity contribution in [3.8, 4) is 17.2 Å². The van der Waals surface area contributed by atoms with Crippen molar-refractivity contribution in [3.05, 3.63) is 41.5 Å². The molecule has 3 rings (SSSR count). The summed E-state index contributed by atoms with van der Waals surface area (Å²) < 4.78 is 16.0. The van der Waals surface area contributed by atoms with Crippen molar-refractivity contribution in [1.82, 2.24) is 4.90 Å². The Kier molecular flexibility index (Phi) is 6.49. The number of carbonyl (C=O) groups excluding carboxylic acids is 1. The Bertz CT molecular complexity index is 851. The highest BCUT2D eigenvalue weighted by molar-refractivity contribution is 6.05. The van der Waals surface area contributed by atoms with Crippen LogP contribution in [0.5, 0.6) is 17.2 Å². The van der Waals surface area contributed by atoms with Crippen LogP contribution in [0.1, 0.15) is 15.9 Å². The second kappa shape index (κ2) is 9.05. The number of ether oxygens (including phenoxy) is 3. The van der Waals surface area contributed by atoms with Crippen LogP contribution in [0.25, 0.3) is 0 Å². The SMILES string of the molecule is COc1cc(C(=O)Nc2ccc(N3CCN(C)CC3)cc2C)cc(OC)c1OC. The molecule has 2 aromatic carbocycles. The minimum atomic E-state index is -0.236. The fourth-order valence-electron chi connectivity index (χ4n) is 3.46. The first-order valence-electron chi connectivity index (χ1n) is 9.62. The number of benzene rings is 2. The number of carbonyl (C=O) groups is 1. The molecule has 7 nitrogen and oxygen atoms in total. The fourth-order valence-corrected chi connectivity index (χ4v) is 3.46. The lowest BCUT2D eigenvalue weighted by Gasteiger charge is -2.34. The van der Waals surface area contributed by atoms with Crippen molar-refractivity contribution in [2.24, 2.45) is 0 Å². The molecule has 0 unspecified atom stereocenters. The molecule has 1 heterocycles. The second-order valence-electron chi connectivity index (χ2n) is 7.16. The molecule has 0 aromatic heterocycles. The van der Waals surface area contributed by atoms with Crippen molar-refractivity contribution in [1.29, 1.82) is 0 Å². The lowest BCUT2D eigenvalue weighted by Crippen LogP contribution is -2.44. The van der Waals surface area contributed by atoms with E-state index in [0.29, 0.717) is 22.8 Å². The van der Waals surface area contributed by atoms with Crippen LogP contribution in [-0.4, -0.2) is 65.4 Å². The van der Waals surface area contributed by atoms with Crippen LogP contribution < -0.4 is 24.4 Å². The van der Waals surface area contributed by atoms with Crippen molar-refractivity contribution >= 4 is 17.3 Å². The molecule has 156 valence electrons. The lowest BCUT2D eigenvalue weighted by molar-refractivity contribution is 0.102. The quantitative estimate of drug-likeness (QED) is 0.806. The Morgan fingerprint density at radius 1 is 0.931 bits per heavy atom. The average molecular weight is 399 g/mol. The molecule has 1 saturated heterocycles. The van der Waals surface area contributed by atoms with E-state index in [1.165, 1.54) is 27.0 Å². The molecule has 2 aromatic rings. The number of nitrogens with one attached hydrogen (secondary N) is 1. The number of amides is 1.